The number of benzene rings is 1. The van der Waals surface area contributed by atoms with Gasteiger partial charge >= 0.3 is 0 Å². The largest absolute Gasteiger partial charge is 0.382 e. The number of nitrogens with zero attached hydrogens (tertiary/aromatic N) is 1. The van der Waals surface area contributed by atoms with Crippen molar-refractivity contribution in [1.82, 2.24) is 5.32 Å². The van der Waals surface area contributed by atoms with Crippen LogP contribution in [0, 0.1) is 10.1 Å². The third-order valence-electron chi connectivity index (χ3n) is 2.72. The number of hydrogen-bond acceptors (Lipinski definition) is 4. The summed E-state index contributed by atoms with van der Waals surface area (Å²) in [6.07, 6.45) is 0.902. The van der Waals surface area contributed by atoms with Crippen LogP contribution in [0.2, 0.25) is 0 Å². The molecule has 0 bridgehead atoms. The van der Waals surface area contributed by atoms with E-state index in [-0.39, 0.29) is 16.7 Å². The van der Waals surface area contributed by atoms with E-state index in [1.54, 1.807) is 12.1 Å². The number of nitro benzene ring substituents is 1. The van der Waals surface area contributed by atoms with Gasteiger partial charge in [-0.1, -0.05) is 18.2 Å². The molecule has 1 rings (SSSR count). The molecule has 0 aromatic heterocycles. The molecular weight excluding hydrogens is 232 g/mol. The van der Waals surface area contributed by atoms with E-state index < -0.39 is 0 Å². The fourth-order valence-corrected chi connectivity index (χ4v) is 1.77. The normalized spacial score (nSPS) is 12.3. The van der Waals surface area contributed by atoms with Crippen LogP contribution in [0.15, 0.2) is 24.3 Å². The molecule has 0 saturated heterocycles. The summed E-state index contributed by atoms with van der Waals surface area (Å²) in [5.41, 5.74) is 0.890. The highest BCUT2D eigenvalue weighted by Crippen LogP contribution is 2.24. The van der Waals surface area contributed by atoms with Crippen LogP contribution in [-0.4, -0.2) is 24.7 Å². The third-order valence-corrected chi connectivity index (χ3v) is 2.72. The molecule has 0 spiro atoms. The predicted molar refractivity (Wildman–Crippen MR) is 70.6 cm³/mol. The molecule has 0 aliphatic carbocycles. The minimum Gasteiger partial charge on any atom is -0.382 e. The molecule has 0 aliphatic rings. The van der Waals surface area contributed by atoms with Crippen molar-refractivity contribution >= 4 is 5.69 Å². The van der Waals surface area contributed by atoms with E-state index in [0.717, 1.165) is 25.1 Å². The van der Waals surface area contributed by atoms with E-state index >= 15 is 0 Å². The lowest BCUT2D eigenvalue weighted by Crippen LogP contribution is -2.21. The second-order valence-electron chi connectivity index (χ2n) is 4.04. The van der Waals surface area contributed by atoms with Gasteiger partial charge in [0.05, 0.1) is 4.92 Å². The molecule has 0 heterocycles. The molecule has 100 valence electrons. The quantitative estimate of drug-likeness (QED) is 0.439. The smallest absolute Gasteiger partial charge is 0.274 e. The molecular formula is C13H20N2O3. The number of hydrogen-bond donors (Lipinski definition) is 1. The van der Waals surface area contributed by atoms with E-state index in [2.05, 4.69) is 5.32 Å². The lowest BCUT2D eigenvalue weighted by molar-refractivity contribution is -0.385. The highest BCUT2D eigenvalue weighted by molar-refractivity contribution is 5.41. The van der Waals surface area contributed by atoms with Crippen molar-refractivity contribution in [2.75, 3.05) is 19.8 Å². The predicted octanol–water partition coefficient (Wildman–Crippen LogP) is 2.67. The van der Waals surface area contributed by atoms with Gasteiger partial charge in [-0.05, 0) is 26.8 Å². The molecule has 1 aromatic carbocycles. The molecule has 0 amide bonds. The molecule has 0 saturated carbocycles. The molecule has 5 nitrogen and oxygen atoms in total. The molecule has 18 heavy (non-hydrogen) atoms. The van der Waals surface area contributed by atoms with E-state index in [1.807, 2.05) is 19.9 Å². The zero-order valence-electron chi connectivity index (χ0n) is 10.9. The number of rotatable bonds is 8. The van der Waals surface area contributed by atoms with Gasteiger partial charge in [0.2, 0.25) is 0 Å². The highest BCUT2D eigenvalue weighted by Gasteiger charge is 2.17. The summed E-state index contributed by atoms with van der Waals surface area (Å²) in [7, 11) is 0. The van der Waals surface area contributed by atoms with Crippen LogP contribution in [-0.2, 0) is 4.74 Å². The summed E-state index contributed by atoms with van der Waals surface area (Å²) in [5, 5.41) is 14.2. The van der Waals surface area contributed by atoms with Crippen molar-refractivity contribution in [3.05, 3.63) is 39.9 Å². The van der Waals surface area contributed by atoms with Gasteiger partial charge < -0.3 is 10.1 Å². The first-order chi connectivity index (χ1) is 8.66. The molecule has 1 unspecified atom stereocenters. The monoisotopic (exact) mass is 252 g/mol. The van der Waals surface area contributed by atoms with Crippen molar-refractivity contribution in [3.8, 4) is 0 Å². The first-order valence-electron chi connectivity index (χ1n) is 6.21. The average molecular weight is 252 g/mol. The van der Waals surface area contributed by atoms with Crippen molar-refractivity contribution in [1.29, 1.82) is 0 Å². The van der Waals surface area contributed by atoms with Crippen LogP contribution < -0.4 is 5.32 Å². The van der Waals surface area contributed by atoms with Crippen molar-refractivity contribution < 1.29 is 9.66 Å². The molecule has 0 aliphatic heterocycles. The maximum absolute atomic E-state index is 10.9. The Bertz CT molecular complexity index is 382. The second kappa shape index (κ2) is 7.79. The van der Waals surface area contributed by atoms with E-state index in [4.69, 9.17) is 4.74 Å². The Hall–Kier alpha value is -1.46. The van der Waals surface area contributed by atoms with Crippen LogP contribution in [0.25, 0.3) is 0 Å². The highest BCUT2D eigenvalue weighted by atomic mass is 16.6. The first kappa shape index (κ1) is 14.6. The Morgan fingerprint density at radius 2 is 2.17 bits per heavy atom. The third kappa shape index (κ3) is 4.43. The first-order valence-corrected chi connectivity index (χ1v) is 6.21. The van der Waals surface area contributed by atoms with Gasteiger partial charge in [-0.2, -0.15) is 0 Å². The molecule has 1 aromatic rings. The van der Waals surface area contributed by atoms with E-state index in [9.17, 15) is 10.1 Å². The van der Waals surface area contributed by atoms with Gasteiger partial charge in [-0.3, -0.25) is 10.1 Å². The minimum atomic E-state index is -0.340. The summed E-state index contributed by atoms with van der Waals surface area (Å²) >= 11 is 0. The molecule has 5 heteroatoms. The summed E-state index contributed by atoms with van der Waals surface area (Å²) in [6.45, 7) is 6.12. The van der Waals surface area contributed by atoms with E-state index in [0.29, 0.717) is 6.61 Å². The van der Waals surface area contributed by atoms with Gasteiger partial charge in [-0.15, -0.1) is 0 Å². The Morgan fingerprint density at radius 1 is 1.44 bits per heavy atom. The molecule has 1 N–H and O–H groups in total. The minimum absolute atomic E-state index is 0.0340. The van der Waals surface area contributed by atoms with Crippen molar-refractivity contribution in [3.63, 3.8) is 0 Å². The maximum Gasteiger partial charge on any atom is 0.274 e. The zero-order valence-corrected chi connectivity index (χ0v) is 10.9. The number of ether oxygens (including phenoxy) is 1. The lowest BCUT2D eigenvalue weighted by atomic mass is 10.1. The van der Waals surface area contributed by atoms with Gasteiger partial charge in [-0.25, -0.2) is 0 Å². The molecule has 1 atom stereocenters. The fraction of sp³-hybridized carbons (Fsp3) is 0.538. The summed E-state index contributed by atoms with van der Waals surface area (Å²) in [6, 6.07) is 6.80. The van der Waals surface area contributed by atoms with Crippen LogP contribution in [0.3, 0.4) is 0 Å². The number of nitrogens with one attached hydrogen (secondary N) is 1. The lowest BCUT2D eigenvalue weighted by Gasteiger charge is -2.14. The topological polar surface area (TPSA) is 64.4 Å². The average Bonchev–Trinajstić information content (AvgIpc) is 2.38. The standard InChI is InChI=1S/C13H20N2O3/c1-3-18-10-6-9-14-11(2)12-7-4-5-8-13(12)15(16)17/h4-5,7-8,11,14H,3,6,9-10H2,1-2H3. The van der Waals surface area contributed by atoms with Crippen LogP contribution in [0.4, 0.5) is 5.69 Å². The summed E-state index contributed by atoms with van der Waals surface area (Å²) in [5.74, 6) is 0. The summed E-state index contributed by atoms with van der Waals surface area (Å²) < 4.78 is 5.23. The Labute approximate surface area is 107 Å². The van der Waals surface area contributed by atoms with Crippen LogP contribution >= 0.6 is 0 Å². The fourth-order valence-electron chi connectivity index (χ4n) is 1.77. The molecule has 0 radical (unpaired) electrons. The van der Waals surface area contributed by atoms with E-state index in [1.165, 1.54) is 6.07 Å². The Balaban J connectivity index is 2.51. The van der Waals surface area contributed by atoms with Crippen molar-refractivity contribution in [2.24, 2.45) is 0 Å². The maximum atomic E-state index is 10.9. The molecule has 0 fully saturated rings. The Kier molecular flexibility index (Phi) is 6.32. The van der Waals surface area contributed by atoms with Gasteiger partial charge in [0.15, 0.2) is 0 Å². The summed E-state index contributed by atoms with van der Waals surface area (Å²) in [4.78, 5) is 10.6. The van der Waals surface area contributed by atoms with Crippen molar-refractivity contribution in [2.45, 2.75) is 26.3 Å². The number of para-hydroxylation sites is 1. The SMILES string of the molecule is CCOCCCNC(C)c1ccccc1[N+](=O)[O-]. The number of nitro groups is 1. The zero-order chi connectivity index (χ0) is 13.4. The van der Waals surface area contributed by atoms with Gasteiger partial charge in [0.25, 0.3) is 5.69 Å². The Morgan fingerprint density at radius 3 is 2.83 bits per heavy atom. The van der Waals surface area contributed by atoms with Gasteiger partial charge in [0.1, 0.15) is 0 Å². The second-order valence-corrected chi connectivity index (χ2v) is 4.04. The van der Waals surface area contributed by atoms with Crippen LogP contribution in [0.1, 0.15) is 31.9 Å². The van der Waals surface area contributed by atoms with Gasteiger partial charge in [0, 0.05) is 30.9 Å². The van der Waals surface area contributed by atoms with Crippen LogP contribution in [0.5, 0.6) is 0 Å².